The van der Waals surface area contributed by atoms with E-state index in [-0.39, 0.29) is 17.4 Å². The maximum atomic E-state index is 13.1. The molecule has 3 heteroatoms. The Labute approximate surface area is 81.5 Å². The van der Waals surface area contributed by atoms with Gasteiger partial charge in [-0.1, -0.05) is 23.6 Å². The molecule has 68 valence electrons. The van der Waals surface area contributed by atoms with Crippen LogP contribution < -0.4 is 4.74 Å². The molecule has 0 fully saturated rings. The Hall–Kier alpha value is -1.20. The molecule has 0 aliphatic carbocycles. The van der Waals surface area contributed by atoms with Gasteiger partial charge in [-0.05, 0) is 19.1 Å². The number of ether oxygens (including phenoxy) is 1. The molecule has 0 N–H and O–H groups in total. The summed E-state index contributed by atoms with van der Waals surface area (Å²) in [5, 5.41) is 0.0574. The van der Waals surface area contributed by atoms with Crippen LogP contribution in [0.2, 0.25) is 5.02 Å². The summed E-state index contributed by atoms with van der Waals surface area (Å²) in [5.41, 5.74) is 0. The first-order chi connectivity index (χ1) is 6.25. The normalized spacial score (nSPS) is 8.85. The Bertz CT molecular complexity index is 352. The molecule has 0 bridgehead atoms. The minimum atomic E-state index is -0.540. The summed E-state index contributed by atoms with van der Waals surface area (Å²) in [6, 6.07) is 4.61. The van der Waals surface area contributed by atoms with Gasteiger partial charge in [-0.3, -0.25) is 0 Å². The molecule has 0 heterocycles. The first kappa shape index (κ1) is 9.88. The second-order valence-electron chi connectivity index (χ2n) is 2.27. The van der Waals surface area contributed by atoms with E-state index in [1.54, 1.807) is 13.0 Å². The fourth-order valence-electron chi connectivity index (χ4n) is 0.781. The molecule has 0 saturated carbocycles. The third-order valence-electron chi connectivity index (χ3n) is 1.39. The first-order valence-corrected chi connectivity index (χ1v) is 4.10. The number of hydrogen-bond acceptors (Lipinski definition) is 1. The molecule has 0 unspecified atom stereocenters. The molecule has 1 rings (SSSR count). The minimum absolute atomic E-state index is 0.0574. The molecule has 0 aliphatic rings. The van der Waals surface area contributed by atoms with E-state index < -0.39 is 5.82 Å². The Morgan fingerprint density at radius 1 is 1.54 bits per heavy atom. The zero-order valence-electron chi connectivity index (χ0n) is 7.10. The van der Waals surface area contributed by atoms with E-state index in [0.717, 1.165) is 0 Å². The molecule has 1 nitrogen and oxygen atoms in total. The van der Waals surface area contributed by atoms with Crippen molar-refractivity contribution in [1.82, 2.24) is 0 Å². The molecule has 0 atom stereocenters. The highest BCUT2D eigenvalue weighted by Gasteiger charge is 2.05. The van der Waals surface area contributed by atoms with Gasteiger partial charge in [0.05, 0.1) is 5.02 Å². The van der Waals surface area contributed by atoms with Gasteiger partial charge in [-0.15, -0.1) is 5.92 Å². The largest absolute Gasteiger partial charge is 0.478 e. The monoisotopic (exact) mass is 198 g/mol. The van der Waals surface area contributed by atoms with Crippen LogP contribution in [0.15, 0.2) is 18.2 Å². The van der Waals surface area contributed by atoms with Gasteiger partial charge in [0.1, 0.15) is 6.61 Å². The quantitative estimate of drug-likeness (QED) is 0.664. The topological polar surface area (TPSA) is 9.23 Å². The average Bonchev–Trinajstić information content (AvgIpc) is 2.13. The first-order valence-electron chi connectivity index (χ1n) is 3.72. The Balaban J connectivity index is 2.75. The number of benzene rings is 1. The fourth-order valence-corrected chi connectivity index (χ4v) is 0.947. The smallest absolute Gasteiger partial charge is 0.183 e. The highest BCUT2D eigenvalue weighted by molar-refractivity contribution is 6.30. The van der Waals surface area contributed by atoms with Crippen molar-refractivity contribution in [2.75, 3.05) is 6.61 Å². The average molecular weight is 199 g/mol. The fraction of sp³-hybridized carbons (Fsp3) is 0.200. The minimum Gasteiger partial charge on any atom is -0.478 e. The summed E-state index contributed by atoms with van der Waals surface area (Å²) in [4.78, 5) is 0. The van der Waals surface area contributed by atoms with Gasteiger partial charge >= 0.3 is 0 Å². The van der Waals surface area contributed by atoms with Crippen LogP contribution in [-0.2, 0) is 0 Å². The van der Waals surface area contributed by atoms with Crippen molar-refractivity contribution in [3.05, 3.63) is 29.0 Å². The lowest BCUT2D eigenvalue weighted by molar-refractivity contribution is 0.348. The molecule has 1 aromatic carbocycles. The van der Waals surface area contributed by atoms with E-state index >= 15 is 0 Å². The molecule has 0 saturated heterocycles. The molecule has 13 heavy (non-hydrogen) atoms. The summed E-state index contributed by atoms with van der Waals surface area (Å²) >= 11 is 5.54. The van der Waals surface area contributed by atoms with Crippen LogP contribution in [0, 0.1) is 17.7 Å². The second kappa shape index (κ2) is 4.74. The summed E-state index contributed by atoms with van der Waals surface area (Å²) in [6.07, 6.45) is 0. The number of rotatable bonds is 2. The summed E-state index contributed by atoms with van der Waals surface area (Å²) in [7, 11) is 0. The molecular weight excluding hydrogens is 191 g/mol. The molecule has 0 amide bonds. The molecule has 0 spiro atoms. The zero-order valence-corrected chi connectivity index (χ0v) is 7.86. The van der Waals surface area contributed by atoms with Crippen molar-refractivity contribution in [3.63, 3.8) is 0 Å². The van der Waals surface area contributed by atoms with Crippen LogP contribution in [0.4, 0.5) is 4.39 Å². The number of hydrogen-bond donors (Lipinski definition) is 0. The van der Waals surface area contributed by atoms with Crippen molar-refractivity contribution in [2.24, 2.45) is 0 Å². The maximum absolute atomic E-state index is 13.1. The Kier molecular flexibility index (Phi) is 3.60. The maximum Gasteiger partial charge on any atom is 0.183 e. The predicted octanol–water partition coefficient (Wildman–Crippen LogP) is 2.88. The molecule has 1 aromatic rings. The highest BCUT2D eigenvalue weighted by Crippen LogP contribution is 2.23. The summed E-state index contributed by atoms with van der Waals surface area (Å²) < 4.78 is 18.1. The van der Waals surface area contributed by atoms with Gasteiger partial charge in [0, 0.05) is 0 Å². The van der Waals surface area contributed by atoms with Crippen LogP contribution in [0.1, 0.15) is 6.92 Å². The van der Waals surface area contributed by atoms with Crippen LogP contribution in [-0.4, -0.2) is 6.61 Å². The SMILES string of the molecule is CC#CCOc1cccc(Cl)c1F. The third kappa shape index (κ3) is 2.64. The Morgan fingerprint density at radius 3 is 3.00 bits per heavy atom. The molecule has 0 aromatic heterocycles. The van der Waals surface area contributed by atoms with Gasteiger partial charge < -0.3 is 4.74 Å². The predicted molar refractivity (Wildman–Crippen MR) is 50.4 cm³/mol. The molecular formula is C10H8ClFO. The van der Waals surface area contributed by atoms with E-state index in [1.165, 1.54) is 12.1 Å². The van der Waals surface area contributed by atoms with Gasteiger partial charge in [0.15, 0.2) is 11.6 Å². The van der Waals surface area contributed by atoms with E-state index in [4.69, 9.17) is 16.3 Å². The van der Waals surface area contributed by atoms with Crippen molar-refractivity contribution >= 4 is 11.6 Å². The summed E-state index contributed by atoms with van der Waals surface area (Å²) in [6.45, 7) is 1.87. The summed E-state index contributed by atoms with van der Waals surface area (Å²) in [5.74, 6) is 4.90. The van der Waals surface area contributed by atoms with Crippen LogP contribution >= 0.6 is 11.6 Å². The van der Waals surface area contributed by atoms with Crippen molar-refractivity contribution in [3.8, 4) is 17.6 Å². The standard InChI is InChI=1S/C10H8ClFO/c1-2-3-7-13-9-6-4-5-8(11)10(9)12/h4-6H,7H2,1H3. The van der Waals surface area contributed by atoms with Crippen molar-refractivity contribution < 1.29 is 9.13 Å². The molecule has 0 aliphatic heterocycles. The second-order valence-corrected chi connectivity index (χ2v) is 2.67. The van der Waals surface area contributed by atoms with E-state index in [2.05, 4.69) is 11.8 Å². The van der Waals surface area contributed by atoms with Crippen molar-refractivity contribution in [1.29, 1.82) is 0 Å². The van der Waals surface area contributed by atoms with E-state index in [9.17, 15) is 4.39 Å². The van der Waals surface area contributed by atoms with E-state index in [0.29, 0.717) is 0 Å². The van der Waals surface area contributed by atoms with Gasteiger partial charge in [-0.2, -0.15) is 0 Å². The van der Waals surface area contributed by atoms with Gasteiger partial charge in [0.25, 0.3) is 0 Å². The number of halogens is 2. The molecule has 0 radical (unpaired) electrons. The van der Waals surface area contributed by atoms with Crippen LogP contribution in [0.5, 0.6) is 5.75 Å². The highest BCUT2D eigenvalue weighted by atomic mass is 35.5. The van der Waals surface area contributed by atoms with Gasteiger partial charge in [-0.25, -0.2) is 4.39 Å². The van der Waals surface area contributed by atoms with Gasteiger partial charge in [0.2, 0.25) is 0 Å². The lowest BCUT2D eigenvalue weighted by atomic mass is 10.3. The zero-order chi connectivity index (χ0) is 9.68. The van der Waals surface area contributed by atoms with Crippen LogP contribution in [0.3, 0.4) is 0 Å². The lowest BCUT2D eigenvalue weighted by Crippen LogP contribution is -1.96. The third-order valence-corrected chi connectivity index (χ3v) is 1.68. The Morgan fingerprint density at radius 2 is 2.31 bits per heavy atom. The lowest BCUT2D eigenvalue weighted by Gasteiger charge is -2.03. The van der Waals surface area contributed by atoms with Crippen molar-refractivity contribution in [2.45, 2.75) is 6.92 Å². The van der Waals surface area contributed by atoms with Crippen LogP contribution in [0.25, 0.3) is 0 Å². The van der Waals surface area contributed by atoms with E-state index in [1.807, 2.05) is 0 Å².